The van der Waals surface area contributed by atoms with Crippen molar-refractivity contribution in [3.8, 4) is 5.75 Å². The third-order valence-corrected chi connectivity index (χ3v) is 2.35. The van der Waals surface area contributed by atoms with E-state index in [0.29, 0.717) is 13.0 Å². The van der Waals surface area contributed by atoms with E-state index in [1.165, 1.54) is 5.56 Å². The maximum Gasteiger partial charge on any atom is 0.320 e. The predicted octanol–water partition coefficient (Wildman–Crippen LogP) is 1.43. The zero-order chi connectivity index (χ0) is 12.0. The van der Waals surface area contributed by atoms with Gasteiger partial charge in [-0.15, -0.1) is 0 Å². The van der Waals surface area contributed by atoms with Gasteiger partial charge in [0.1, 0.15) is 11.8 Å². The van der Waals surface area contributed by atoms with Gasteiger partial charge in [0.2, 0.25) is 0 Å². The Kier molecular flexibility index (Phi) is 4.79. The molecule has 0 saturated carbocycles. The first kappa shape index (κ1) is 12.5. The van der Waals surface area contributed by atoms with E-state index in [0.717, 1.165) is 12.2 Å². The van der Waals surface area contributed by atoms with Gasteiger partial charge in [0, 0.05) is 6.42 Å². The zero-order valence-corrected chi connectivity index (χ0v) is 9.35. The van der Waals surface area contributed by atoms with Crippen molar-refractivity contribution in [1.82, 2.24) is 0 Å². The van der Waals surface area contributed by atoms with Gasteiger partial charge in [-0.25, -0.2) is 0 Å². The number of benzene rings is 1. The Hall–Kier alpha value is -1.55. The fourth-order valence-electron chi connectivity index (χ4n) is 1.25. The molecule has 4 heteroatoms. The van der Waals surface area contributed by atoms with Crippen LogP contribution in [0.25, 0.3) is 0 Å². The normalized spacial score (nSPS) is 12.1. The molecule has 0 aliphatic carbocycles. The maximum absolute atomic E-state index is 10.4. The van der Waals surface area contributed by atoms with Crippen LogP contribution in [0.1, 0.15) is 18.9 Å². The number of carbonyl (C=O) groups is 1. The molecule has 0 aromatic heterocycles. The number of aliphatic carboxylic acids is 1. The van der Waals surface area contributed by atoms with Gasteiger partial charge in [0.25, 0.3) is 0 Å². The summed E-state index contributed by atoms with van der Waals surface area (Å²) in [5.74, 6) is -0.250. The minimum atomic E-state index is -0.995. The van der Waals surface area contributed by atoms with Crippen LogP contribution >= 0.6 is 0 Å². The summed E-state index contributed by atoms with van der Waals surface area (Å²) in [6, 6.07) is 6.89. The second-order valence-electron chi connectivity index (χ2n) is 3.58. The molecule has 0 aliphatic heterocycles. The molecule has 1 aromatic rings. The van der Waals surface area contributed by atoms with E-state index in [4.69, 9.17) is 15.6 Å². The second-order valence-corrected chi connectivity index (χ2v) is 3.58. The van der Waals surface area contributed by atoms with Crippen molar-refractivity contribution in [2.45, 2.75) is 25.8 Å². The van der Waals surface area contributed by atoms with Crippen molar-refractivity contribution in [2.24, 2.45) is 5.73 Å². The molecule has 1 aromatic carbocycles. The molecular weight excluding hydrogens is 206 g/mol. The van der Waals surface area contributed by atoms with Crippen LogP contribution in [0.15, 0.2) is 24.3 Å². The Bertz CT molecular complexity index is 335. The van der Waals surface area contributed by atoms with Gasteiger partial charge in [-0.1, -0.05) is 19.1 Å². The van der Waals surface area contributed by atoms with Crippen LogP contribution in [0.4, 0.5) is 0 Å². The van der Waals surface area contributed by atoms with Crippen LogP contribution in [0.2, 0.25) is 0 Å². The third kappa shape index (κ3) is 3.90. The molecule has 16 heavy (non-hydrogen) atoms. The Balaban J connectivity index is 2.34. The Morgan fingerprint density at radius 1 is 1.44 bits per heavy atom. The van der Waals surface area contributed by atoms with Crippen molar-refractivity contribution >= 4 is 5.97 Å². The number of aryl methyl sites for hydroxylation is 1. The number of nitrogens with two attached hydrogens (primary N) is 1. The molecule has 3 N–H and O–H groups in total. The standard InChI is InChI=1S/C12H17NO3/c1-2-9-3-5-10(6-4-9)16-8-7-11(13)12(14)15/h3-6,11H,2,7-8,13H2,1H3,(H,14,15). The lowest BCUT2D eigenvalue weighted by Gasteiger charge is -2.08. The topological polar surface area (TPSA) is 72.5 Å². The van der Waals surface area contributed by atoms with Gasteiger partial charge in [-0.05, 0) is 24.1 Å². The first-order valence-corrected chi connectivity index (χ1v) is 5.33. The Labute approximate surface area is 95.0 Å². The van der Waals surface area contributed by atoms with Crippen LogP contribution < -0.4 is 10.5 Å². The molecule has 0 amide bonds. The summed E-state index contributed by atoms with van der Waals surface area (Å²) in [7, 11) is 0. The van der Waals surface area contributed by atoms with Crippen LogP contribution in [0.5, 0.6) is 5.75 Å². The van der Waals surface area contributed by atoms with Crippen molar-refractivity contribution in [1.29, 1.82) is 0 Å². The summed E-state index contributed by atoms with van der Waals surface area (Å²) >= 11 is 0. The second kappa shape index (κ2) is 6.12. The first-order valence-electron chi connectivity index (χ1n) is 5.33. The van der Waals surface area contributed by atoms with Gasteiger partial charge in [0.15, 0.2) is 0 Å². The first-order chi connectivity index (χ1) is 7.63. The van der Waals surface area contributed by atoms with Gasteiger partial charge in [0.05, 0.1) is 6.61 Å². The molecule has 0 spiro atoms. The lowest BCUT2D eigenvalue weighted by Crippen LogP contribution is -2.31. The lowest BCUT2D eigenvalue weighted by molar-refractivity contribution is -0.138. The summed E-state index contributed by atoms with van der Waals surface area (Å²) in [6.07, 6.45) is 1.30. The van der Waals surface area contributed by atoms with E-state index in [1.807, 2.05) is 24.3 Å². The maximum atomic E-state index is 10.4. The molecule has 0 heterocycles. The van der Waals surface area contributed by atoms with Crippen LogP contribution in [-0.2, 0) is 11.2 Å². The molecule has 1 unspecified atom stereocenters. The van der Waals surface area contributed by atoms with Gasteiger partial charge >= 0.3 is 5.97 Å². The monoisotopic (exact) mass is 223 g/mol. The summed E-state index contributed by atoms with van der Waals surface area (Å²) in [6.45, 7) is 2.40. The van der Waals surface area contributed by atoms with E-state index in [2.05, 4.69) is 6.92 Å². The molecule has 1 atom stereocenters. The molecular formula is C12H17NO3. The molecule has 0 saturated heterocycles. The predicted molar refractivity (Wildman–Crippen MR) is 61.5 cm³/mol. The molecule has 0 fully saturated rings. The minimum absolute atomic E-state index is 0.310. The average molecular weight is 223 g/mol. The Morgan fingerprint density at radius 3 is 2.56 bits per heavy atom. The van der Waals surface area contributed by atoms with E-state index in [-0.39, 0.29) is 0 Å². The molecule has 4 nitrogen and oxygen atoms in total. The number of rotatable bonds is 6. The highest BCUT2D eigenvalue weighted by Crippen LogP contribution is 2.12. The number of hydrogen-bond donors (Lipinski definition) is 2. The summed E-state index contributed by atoms with van der Waals surface area (Å²) in [5, 5.41) is 8.57. The van der Waals surface area contributed by atoms with Crippen LogP contribution in [0, 0.1) is 0 Å². The quantitative estimate of drug-likeness (QED) is 0.765. The summed E-state index contributed by atoms with van der Waals surface area (Å²) in [4.78, 5) is 10.4. The van der Waals surface area contributed by atoms with Crippen molar-refractivity contribution in [3.63, 3.8) is 0 Å². The zero-order valence-electron chi connectivity index (χ0n) is 9.35. The van der Waals surface area contributed by atoms with Crippen LogP contribution in [-0.4, -0.2) is 23.7 Å². The van der Waals surface area contributed by atoms with Gasteiger partial charge < -0.3 is 15.6 Å². The van der Waals surface area contributed by atoms with E-state index in [9.17, 15) is 4.79 Å². The van der Waals surface area contributed by atoms with Crippen LogP contribution in [0.3, 0.4) is 0 Å². The molecule has 0 radical (unpaired) electrons. The fraction of sp³-hybridized carbons (Fsp3) is 0.417. The van der Waals surface area contributed by atoms with Gasteiger partial charge in [-0.2, -0.15) is 0 Å². The fourth-order valence-corrected chi connectivity index (χ4v) is 1.25. The number of carboxylic acid groups (broad SMARTS) is 1. The smallest absolute Gasteiger partial charge is 0.320 e. The largest absolute Gasteiger partial charge is 0.494 e. The molecule has 0 aliphatic rings. The number of ether oxygens (including phenoxy) is 1. The van der Waals surface area contributed by atoms with E-state index in [1.54, 1.807) is 0 Å². The third-order valence-electron chi connectivity index (χ3n) is 2.35. The minimum Gasteiger partial charge on any atom is -0.494 e. The van der Waals surface area contributed by atoms with E-state index < -0.39 is 12.0 Å². The van der Waals surface area contributed by atoms with E-state index >= 15 is 0 Å². The number of carboxylic acids is 1. The molecule has 0 bridgehead atoms. The highest BCUT2D eigenvalue weighted by molar-refractivity contribution is 5.72. The lowest BCUT2D eigenvalue weighted by atomic mass is 10.2. The molecule has 88 valence electrons. The number of hydrogen-bond acceptors (Lipinski definition) is 3. The summed E-state index contributed by atoms with van der Waals surface area (Å²) in [5.41, 5.74) is 6.59. The molecule has 1 rings (SSSR count). The highest BCUT2D eigenvalue weighted by atomic mass is 16.5. The highest BCUT2D eigenvalue weighted by Gasteiger charge is 2.10. The average Bonchev–Trinajstić information content (AvgIpc) is 2.29. The SMILES string of the molecule is CCc1ccc(OCCC(N)C(=O)O)cc1. The van der Waals surface area contributed by atoms with Crippen molar-refractivity contribution in [3.05, 3.63) is 29.8 Å². The summed E-state index contributed by atoms with van der Waals surface area (Å²) < 4.78 is 5.38. The van der Waals surface area contributed by atoms with Gasteiger partial charge in [-0.3, -0.25) is 4.79 Å². The van der Waals surface area contributed by atoms with Crippen molar-refractivity contribution in [2.75, 3.05) is 6.61 Å². The Morgan fingerprint density at radius 2 is 2.06 bits per heavy atom. The van der Waals surface area contributed by atoms with Crippen molar-refractivity contribution < 1.29 is 14.6 Å².